The first-order chi connectivity index (χ1) is 14.2. The van der Waals surface area contributed by atoms with Crippen molar-refractivity contribution in [1.82, 2.24) is 4.57 Å². The van der Waals surface area contributed by atoms with Crippen molar-refractivity contribution in [3.05, 3.63) is 83.4 Å². The van der Waals surface area contributed by atoms with E-state index >= 15 is 0 Å². The molecule has 2 heterocycles. The highest BCUT2D eigenvalue weighted by Crippen LogP contribution is 2.36. The molecule has 0 unspecified atom stereocenters. The fraction of sp³-hybridized carbons (Fsp3) is 0.231. The molecule has 0 N–H and O–H groups in total. The summed E-state index contributed by atoms with van der Waals surface area (Å²) in [4.78, 5) is 0. The maximum absolute atomic E-state index is 6.19. The highest BCUT2D eigenvalue weighted by Gasteiger charge is 2.51. The van der Waals surface area contributed by atoms with Gasteiger partial charge in [-0.05, 0) is 67.9 Å². The van der Waals surface area contributed by atoms with Crippen LogP contribution in [0.4, 0.5) is 0 Å². The van der Waals surface area contributed by atoms with Gasteiger partial charge in [0.05, 0.1) is 16.7 Å². The molecule has 4 heteroatoms. The molecule has 1 aromatic heterocycles. The minimum absolute atomic E-state index is 0.354. The second-order valence-corrected chi connectivity index (χ2v) is 8.82. The van der Waals surface area contributed by atoms with E-state index in [2.05, 4.69) is 81.8 Å². The van der Waals surface area contributed by atoms with E-state index in [0.717, 1.165) is 32.5 Å². The molecule has 0 amide bonds. The zero-order valence-corrected chi connectivity index (χ0v) is 18.2. The highest BCUT2D eigenvalue weighted by molar-refractivity contribution is 6.62. The van der Waals surface area contributed by atoms with Crippen molar-refractivity contribution < 1.29 is 9.31 Å². The smallest absolute Gasteiger partial charge is 0.399 e. The number of benzene rings is 2. The maximum atomic E-state index is 6.19. The van der Waals surface area contributed by atoms with Gasteiger partial charge in [-0.1, -0.05) is 55.6 Å². The molecule has 3 aromatic rings. The summed E-state index contributed by atoms with van der Waals surface area (Å²) in [6.07, 6.45) is 2.05. The van der Waals surface area contributed by atoms with Crippen LogP contribution < -0.4 is 15.9 Å². The molecule has 1 aliphatic heterocycles. The van der Waals surface area contributed by atoms with Gasteiger partial charge in [0.2, 0.25) is 0 Å². The lowest BCUT2D eigenvalue weighted by Gasteiger charge is -2.32. The van der Waals surface area contributed by atoms with Gasteiger partial charge in [0, 0.05) is 17.3 Å². The van der Waals surface area contributed by atoms with Crippen molar-refractivity contribution in [2.75, 3.05) is 0 Å². The molecule has 0 bridgehead atoms. The number of hydrogen-bond acceptors (Lipinski definition) is 2. The molecular formula is C26H28BNO2. The number of para-hydroxylation sites is 1. The first-order valence-electron chi connectivity index (χ1n) is 10.3. The quantitative estimate of drug-likeness (QED) is 0.613. The van der Waals surface area contributed by atoms with Gasteiger partial charge < -0.3 is 13.9 Å². The Morgan fingerprint density at radius 2 is 1.40 bits per heavy atom. The summed E-state index contributed by atoms with van der Waals surface area (Å²) < 4.78 is 14.5. The molecule has 0 saturated carbocycles. The Bertz CT molecular complexity index is 1220. The van der Waals surface area contributed by atoms with Crippen LogP contribution in [0.2, 0.25) is 0 Å². The van der Waals surface area contributed by atoms with E-state index in [0.29, 0.717) is 0 Å². The van der Waals surface area contributed by atoms with E-state index in [-0.39, 0.29) is 18.3 Å². The van der Waals surface area contributed by atoms with Crippen LogP contribution in [0.25, 0.3) is 29.7 Å². The summed E-state index contributed by atoms with van der Waals surface area (Å²) >= 11 is 0. The van der Waals surface area contributed by atoms with E-state index in [1.165, 1.54) is 0 Å². The molecule has 1 fully saturated rings. The molecule has 0 spiro atoms. The molecule has 30 heavy (non-hydrogen) atoms. The molecule has 0 aliphatic carbocycles. The summed E-state index contributed by atoms with van der Waals surface area (Å²) in [6.45, 7) is 16.6. The van der Waals surface area contributed by atoms with E-state index in [1.807, 2.05) is 36.5 Å². The Morgan fingerprint density at radius 1 is 0.767 bits per heavy atom. The zero-order chi connectivity index (χ0) is 21.5. The van der Waals surface area contributed by atoms with Gasteiger partial charge >= 0.3 is 7.12 Å². The van der Waals surface area contributed by atoms with Crippen LogP contribution in [0.1, 0.15) is 27.7 Å². The van der Waals surface area contributed by atoms with Crippen LogP contribution >= 0.6 is 0 Å². The second-order valence-electron chi connectivity index (χ2n) is 8.82. The first-order valence-corrected chi connectivity index (χ1v) is 10.3. The number of hydrogen-bond donors (Lipinski definition) is 0. The zero-order valence-electron chi connectivity index (χ0n) is 18.2. The molecule has 1 saturated heterocycles. The van der Waals surface area contributed by atoms with Crippen LogP contribution in [-0.4, -0.2) is 22.9 Å². The average Bonchev–Trinajstić information content (AvgIpc) is 2.96. The Balaban J connectivity index is 1.83. The van der Waals surface area contributed by atoms with Gasteiger partial charge in [-0.2, -0.15) is 0 Å². The van der Waals surface area contributed by atoms with Gasteiger partial charge in [0.25, 0.3) is 0 Å². The Labute approximate surface area is 178 Å². The summed E-state index contributed by atoms with van der Waals surface area (Å²) in [5, 5.41) is 2.96. The molecule has 152 valence electrons. The van der Waals surface area contributed by atoms with Gasteiger partial charge in [-0.3, -0.25) is 0 Å². The first kappa shape index (κ1) is 20.5. The van der Waals surface area contributed by atoms with Crippen molar-refractivity contribution in [2.24, 2.45) is 0 Å². The fourth-order valence-electron chi connectivity index (χ4n) is 3.56. The second kappa shape index (κ2) is 7.46. The molecule has 0 radical (unpaired) electrons. The SMILES string of the molecule is C=c1ccc(=C)c2ccccc2n(-c2ccc(B3OC(C)(C)C(C)(C)O3)cc2)cc1. The van der Waals surface area contributed by atoms with Crippen LogP contribution in [0, 0.1) is 0 Å². The summed E-state index contributed by atoms with van der Waals surface area (Å²) in [7, 11) is -0.369. The molecular weight excluding hydrogens is 369 g/mol. The van der Waals surface area contributed by atoms with E-state index in [1.54, 1.807) is 0 Å². The maximum Gasteiger partial charge on any atom is 0.494 e. The molecule has 1 aliphatic rings. The van der Waals surface area contributed by atoms with Crippen molar-refractivity contribution >= 4 is 36.6 Å². The third-order valence-corrected chi connectivity index (χ3v) is 6.14. The Kier molecular flexibility index (Phi) is 5.09. The summed E-state index contributed by atoms with van der Waals surface area (Å²) in [5.74, 6) is 0. The fourth-order valence-corrected chi connectivity index (χ4v) is 3.56. The number of aromatic nitrogens is 1. The molecule has 3 nitrogen and oxygen atoms in total. The number of rotatable bonds is 2. The molecule has 2 aromatic carbocycles. The van der Waals surface area contributed by atoms with Crippen molar-refractivity contribution in [2.45, 2.75) is 38.9 Å². The van der Waals surface area contributed by atoms with E-state index in [9.17, 15) is 0 Å². The minimum atomic E-state index is -0.369. The normalized spacial score (nSPS) is 17.1. The predicted octanol–water partition coefficient (Wildman–Crippen LogP) is 3.87. The molecule has 0 atom stereocenters. The van der Waals surface area contributed by atoms with Crippen molar-refractivity contribution in [3.8, 4) is 5.69 Å². The van der Waals surface area contributed by atoms with Crippen molar-refractivity contribution in [3.63, 3.8) is 0 Å². The third-order valence-electron chi connectivity index (χ3n) is 6.14. The highest BCUT2D eigenvalue weighted by atomic mass is 16.7. The third kappa shape index (κ3) is 3.69. The van der Waals surface area contributed by atoms with Crippen LogP contribution in [0.3, 0.4) is 0 Å². The lowest BCUT2D eigenvalue weighted by atomic mass is 9.79. The number of nitrogens with zero attached hydrogens (tertiary/aromatic N) is 1. The summed E-state index contributed by atoms with van der Waals surface area (Å²) in [5.41, 5.74) is 2.41. The van der Waals surface area contributed by atoms with E-state index in [4.69, 9.17) is 9.31 Å². The largest absolute Gasteiger partial charge is 0.494 e. The average molecular weight is 397 g/mol. The van der Waals surface area contributed by atoms with Gasteiger partial charge in [-0.15, -0.1) is 0 Å². The number of fused-ring (bicyclic) bond motifs is 1. The lowest BCUT2D eigenvalue weighted by molar-refractivity contribution is 0.00578. The van der Waals surface area contributed by atoms with E-state index < -0.39 is 0 Å². The minimum Gasteiger partial charge on any atom is -0.399 e. The van der Waals surface area contributed by atoms with Crippen LogP contribution in [0.15, 0.2) is 72.9 Å². The Morgan fingerprint density at radius 3 is 2.07 bits per heavy atom. The van der Waals surface area contributed by atoms with Crippen molar-refractivity contribution in [1.29, 1.82) is 0 Å². The van der Waals surface area contributed by atoms with Gasteiger partial charge in [0.15, 0.2) is 0 Å². The molecule has 4 rings (SSSR count). The van der Waals surface area contributed by atoms with Gasteiger partial charge in [0.1, 0.15) is 0 Å². The predicted molar refractivity (Wildman–Crippen MR) is 127 cm³/mol. The summed E-state index contributed by atoms with van der Waals surface area (Å²) in [6, 6.07) is 22.6. The standard InChI is InChI=1S/C26H28BNO2/c1-19-11-12-20(2)23-9-7-8-10-24(23)28(18-17-19)22-15-13-21(14-16-22)27-29-25(3,4)26(5,6)30-27/h7-18H,1-2H2,3-6H3. The van der Waals surface area contributed by atoms with Crippen LogP contribution in [0.5, 0.6) is 0 Å². The van der Waals surface area contributed by atoms with Crippen LogP contribution in [-0.2, 0) is 9.31 Å². The lowest BCUT2D eigenvalue weighted by Crippen LogP contribution is -2.41. The topological polar surface area (TPSA) is 23.4 Å². The van der Waals surface area contributed by atoms with Gasteiger partial charge in [-0.25, -0.2) is 0 Å². The monoisotopic (exact) mass is 397 g/mol. The Hall–Kier alpha value is -2.82.